The van der Waals surface area contributed by atoms with Crippen molar-refractivity contribution in [3.05, 3.63) is 16.6 Å². The minimum absolute atomic E-state index is 0.0300. The van der Waals surface area contributed by atoms with Crippen molar-refractivity contribution in [3.63, 3.8) is 0 Å². The highest BCUT2D eigenvalue weighted by atomic mass is 32.1. The standard InChI is InChI=1S/C13H23N3OS/c1-12(2,3)9(14)8-10(17)16-13(4,5)11-15-6-7-18-11/h6-7,9H,8,14H2,1-5H3,(H,16,17). The molecule has 1 rings (SSSR count). The lowest BCUT2D eigenvalue weighted by Crippen LogP contribution is -2.45. The molecule has 0 bridgehead atoms. The van der Waals surface area contributed by atoms with E-state index in [1.54, 1.807) is 6.20 Å². The molecule has 0 aliphatic carbocycles. The predicted molar refractivity (Wildman–Crippen MR) is 75.3 cm³/mol. The quantitative estimate of drug-likeness (QED) is 0.881. The van der Waals surface area contributed by atoms with Crippen LogP contribution in [0.2, 0.25) is 0 Å². The second-order valence-electron chi connectivity index (χ2n) is 6.19. The average molecular weight is 269 g/mol. The van der Waals surface area contributed by atoms with E-state index >= 15 is 0 Å². The topological polar surface area (TPSA) is 68.0 Å². The van der Waals surface area contributed by atoms with Gasteiger partial charge >= 0.3 is 0 Å². The third-order valence-corrected chi connectivity index (χ3v) is 4.03. The van der Waals surface area contributed by atoms with E-state index in [0.29, 0.717) is 6.42 Å². The first kappa shape index (κ1) is 15.1. The molecule has 102 valence electrons. The molecule has 0 aromatic carbocycles. The Morgan fingerprint density at radius 2 is 2.06 bits per heavy atom. The fourth-order valence-corrected chi connectivity index (χ4v) is 2.21. The van der Waals surface area contributed by atoms with Crippen molar-refractivity contribution < 1.29 is 4.79 Å². The van der Waals surface area contributed by atoms with Gasteiger partial charge in [0.2, 0.25) is 5.91 Å². The molecule has 1 amide bonds. The van der Waals surface area contributed by atoms with Crippen molar-refractivity contribution in [3.8, 4) is 0 Å². The zero-order valence-electron chi connectivity index (χ0n) is 11.8. The second kappa shape index (κ2) is 5.36. The number of amides is 1. The molecule has 4 nitrogen and oxygen atoms in total. The first-order valence-corrected chi connectivity index (χ1v) is 6.97. The van der Waals surface area contributed by atoms with E-state index in [2.05, 4.69) is 10.3 Å². The van der Waals surface area contributed by atoms with Crippen LogP contribution in [-0.4, -0.2) is 16.9 Å². The van der Waals surface area contributed by atoms with Crippen LogP contribution in [-0.2, 0) is 10.3 Å². The van der Waals surface area contributed by atoms with Crippen LogP contribution in [0.5, 0.6) is 0 Å². The Morgan fingerprint density at radius 3 is 2.50 bits per heavy atom. The van der Waals surface area contributed by atoms with Crippen molar-refractivity contribution in [2.45, 2.75) is 52.6 Å². The second-order valence-corrected chi connectivity index (χ2v) is 7.08. The molecule has 0 spiro atoms. The molecule has 1 heterocycles. The number of hydrogen-bond donors (Lipinski definition) is 2. The highest BCUT2D eigenvalue weighted by Crippen LogP contribution is 2.23. The number of nitrogens with one attached hydrogen (secondary N) is 1. The molecule has 1 atom stereocenters. The smallest absolute Gasteiger partial charge is 0.222 e. The molecule has 18 heavy (non-hydrogen) atoms. The molecule has 0 aliphatic rings. The van der Waals surface area contributed by atoms with Gasteiger partial charge in [-0.1, -0.05) is 20.8 Å². The zero-order valence-corrected chi connectivity index (χ0v) is 12.6. The summed E-state index contributed by atoms with van der Waals surface area (Å²) in [6.45, 7) is 10.0. The van der Waals surface area contributed by atoms with Crippen molar-refractivity contribution >= 4 is 17.2 Å². The first-order valence-electron chi connectivity index (χ1n) is 6.09. The predicted octanol–water partition coefficient (Wildman–Crippen LogP) is 2.26. The Labute approximate surface area is 113 Å². The molecule has 1 aromatic rings. The molecule has 1 unspecified atom stereocenters. The minimum atomic E-state index is -0.442. The molecule has 1 aromatic heterocycles. The highest BCUT2D eigenvalue weighted by molar-refractivity contribution is 7.09. The van der Waals surface area contributed by atoms with Gasteiger partial charge in [-0.05, 0) is 19.3 Å². The summed E-state index contributed by atoms with van der Waals surface area (Å²) in [4.78, 5) is 16.2. The maximum atomic E-state index is 12.0. The summed E-state index contributed by atoms with van der Waals surface area (Å²) in [6.07, 6.45) is 2.08. The number of carbonyl (C=O) groups is 1. The highest BCUT2D eigenvalue weighted by Gasteiger charge is 2.28. The molecule has 0 aliphatic heterocycles. The van der Waals surface area contributed by atoms with Crippen molar-refractivity contribution in [2.24, 2.45) is 11.1 Å². The van der Waals surface area contributed by atoms with Gasteiger partial charge < -0.3 is 11.1 Å². The summed E-state index contributed by atoms with van der Waals surface area (Å²) in [5.74, 6) is -0.0300. The molecule has 3 N–H and O–H groups in total. The number of aromatic nitrogens is 1. The van der Waals surface area contributed by atoms with Crippen LogP contribution in [0.15, 0.2) is 11.6 Å². The molecule has 0 saturated carbocycles. The normalized spacial score (nSPS) is 14.3. The number of hydrogen-bond acceptors (Lipinski definition) is 4. The molecular formula is C13H23N3OS. The fraction of sp³-hybridized carbons (Fsp3) is 0.692. The van der Waals surface area contributed by atoms with Crippen LogP contribution >= 0.6 is 11.3 Å². The van der Waals surface area contributed by atoms with E-state index in [4.69, 9.17) is 5.73 Å². The van der Waals surface area contributed by atoms with E-state index in [9.17, 15) is 4.79 Å². The summed E-state index contributed by atoms with van der Waals surface area (Å²) >= 11 is 1.54. The van der Waals surface area contributed by atoms with Gasteiger partial charge in [0, 0.05) is 24.0 Å². The van der Waals surface area contributed by atoms with Gasteiger partial charge in [-0.3, -0.25) is 4.79 Å². The summed E-state index contributed by atoms with van der Waals surface area (Å²) in [6, 6.07) is -0.149. The van der Waals surface area contributed by atoms with Crippen LogP contribution in [0, 0.1) is 5.41 Å². The average Bonchev–Trinajstić information content (AvgIpc) is 2.67. The summed E-state index contributed by atoms with van der Waals surface area (Å²) in [5, 5.41) is 5.80. The van der Waals surface area contributed by atoms with E-state index in [0.717, 1.165) is 5.01 Å². The largest absolute Gasteiger partial charge is 0.345 e. The summed E-state index contributed by atoms with van der Waals surface area (Å²) < 4.78 is 0. The molecule has 5 heteroatoms. The lowest BCUT2D eigenvalue weighted by molar-refractivity contribution is -0.123. The zero-order chi connectivity index (χ0) is 14.0. The number of thiazole rings is 1. The van der Waals surface area contributed by atoms with Gasteiger partial charge in [-0.25, -0.2) is 4.98 Å². The monoisotopic (exact) mass is 269 g/mol. The third kappa shape index (κ3) is 4.07. The van der Waals surface area contributed by atoms with Crippen LogP contribution in [0.25, 0.3) is 0 Å². The van der Waals surface area contributed by atoms with Gasteiger partial charge in [-0.2, -0.15) is 0 Å². The van der Waals surface area contributed by atoms with E-state index in [1.807, 2.05) is 40.0 Å². The number of rotatable bonds is 4. The number of nitrogens with zero attached hydrogens (tertiary/aromatic N) is 1. The van der Waals surface area contributed by atoms with Crippen molar-refractivity contribution in [1.29, 1.82) is 0 Å². The molecular weight excluding hydrogens is 246 g/mol. The maximum absolute atomic E-state index is 12.0. The first-order chi connectivity index (χ1) is 8.13. The Hall–Kier alpha value is -0.940. The van der Waals surface area contributed by atoms with Crippen molar-refractivity contribution in [1.82, 2.24) is 10.3 Å². The molecule has 0 saturated heterocycles. The van der Waals surface area contributed by atoms with Gasteiger partial charge in [0.15, 0.2) is 0 Å². The van der Waals surface area contributed by atoms with E-state index < -0.39 is 5.54 Å². The Balaban J connectivity index is 2.60. The third-order valence-electron chi connectivity index (χ3n) is 2.94. The molecule has 0 fully saturated rings. The minimum Gasteiger partial charge on any atom is -0.345 e. The molecule has 0 radical (unpaired) electrons. The summed E-state index contributed by atoms with van der Waals surface area (Å²) in [7, 11) is 0. The van der Waals surface area contributed by atoms with E-state index in [-0.39, 0.29) is 17.4 Å². The van der Waals surface area contributed by atoms with Crippen LogP contribution in [0.1, 0.15) is 46.0 Å². The lowest BCUT2D eigenvalue weighted by Gasteiger charge is -2.29. The lowest BCUT2D eigenvalue weighted by atomic mass is 9.85. The van der Waals surface area contributed by atoms with Crippen LogP contribution < -0.4 is 11.1 Å². The Kier molecular flexibility index (Phi) is 4.50. The van der Waals surface area contributed by atoms with Gasteiger partial charge in [0.05, 0.1) is 5.54 Å². The number of carbonyl (C=O) groups excluding carboxylic acids is 1. The fourth-order valence-electron chi connectivity index (χ4n) is 1.49. The Morgan fingerprint density at radius 1 is 1.44 bits per heavy atom. The van der Waals surface area contributed by atoms with Gasteiger partial charge in [0.1, 0.15) is 5.01 Å². The van der Waals surface area contributed by atoms with Crippen LogP contribution in [0.4, 0.5) is 0 Å². The summed E-state index contributed by atoms with van der Waals surface area (Å²) in [5.41, 5.74) is 5.51. The number of nitrogens with two attached hydrogens (primary N) is 1. The van der Waals surface area contributed by atoms with Gasteiger partial charge in [0.25, 0.3) is 0 Å². The Bertz CT molecular complexity index is 393. The SMILES string of the molecule is CC(C)(NC(=O)CC(N)C(C)(C)C)c1nccs1. The van der Waals surface area contributed by atoms with Crippen LogP contribution in [0.3, 0.4) is 0 Å². The van der Waals surface area contributed by atoms with Crippen molar-refractivity contribution in [2.75, 3.05) is 0 Å². The maximum Gasteiger partial charge on any atom is 0.222 e. The van der Waals surface area contributed by atoms with E-state index in [1.165, 1.54) is 11.3 Å². The van der Waals surface area contributed by atoms with Gasteiger partial charge in [-0.15, -0.1) is 11.3 Å².